The molecule has 1 atom stereocenters. The summed E-state index contributed by atoms with van der Waals surface area (Å²) in [5.41, 5.74) is 0. The van der Waals surface area contributed by atoms with Gasteiger partial charge in [0.05, 0.1) is 0 Å². The maximum Gasteiger partial charge on any atom is 0.127 e. The first-order valence-electron chi connectivity index (χ1n) is 8.49. The van der Waals surface area contributed by atoms with E-state index < -0.39 is 6.10 Å². The molecule has 1 N–H and O–H groups in total. The second-order valence-electron chi connectivity index (χ2n) is 6.18. The fourth-order valence-corrected chi connectivity index (χ4v) is 3.15. The minimum absolute atomic E-state index is 0. The Balaban J connectivity index is 0.00000156. The minimum atomic E-state index is -0.456. The number of rotatable bonds is 6. The van der Waals surface area contributed by atoms with Crippen LogP contribution in [-0.2, 0) is 0 Å². The molecule has 0 saturated carbocycles. The predicted molar refractivity (Wildman–Crippen MR) is 108 cm³/mol. The first kappa shape index (κ1) is 22.0. The molecule has 140 valence electrons. The van der Waals surface area contributed by atoms with Gasteiger partial charge in [-0.1, -0.05) is 43.3 Å². The highest BCUT2D eigenvalue weighted by Gasteiger charge is 2.18. The number of fused-ring (bicyclic) bond motifs is 1. The lowest BCUT2D eigenvalue weighted by Crippen LogP contribution is -2.49. The molecule has 2 aromatic carbocycles. The van der Waals surface area contributed by atoms with Gasteiger partial charge in [0, 0.05) is 38.1 Å². The largest absolute Gasteiger partial charge is 0.490 e. The zero-order valence-corrected chi connectivity index (χ0v) is 16.3. The van der Waals surface area contributed by atoms with Crippen LogP contribution >= 0.6 is 24.8 Å². The fourth-order valence-electron chi connectivity index (χ4n) is 3.15. The number of aliphatic hydroxyl groups excluding tert-OH is 1. The Labute approximate surface area is 162 Å². The van der Waals surface area contributed by atoms with Crippen LogP contribution in [0, 0.1) is 0 Å². The van der Waals surface area contributed by atoms with Crippen molar-refractivity contribution in [2.75, 3.05) is 45.9 Å². The summed E-state index contributed by atoms with van der Waals surface area (Å²) in [5.74, 6) is 0.845. The van der Waals surface area contributed by atoms with Crippen LogP contribution < -0.4 is 4.74 Å². The van der Waals surface area contributed by atoms with Crippen molar-refractivity contribution in [2.24, 2.45) is 0 Å². The van der Waals surface area contributed by atoms with Crippen LogP contribution in [0.3, 0.4) is 0 Å². The van der Waals surface area contributed by atoms with Crippen molar-refractivity contribution in [1.29, 1.82) is 0 Å². The normalized spacial score (nSPS) is 16.7. The van der Waals surface area contributed by atoms with Gasteiger partial charge in [0.15, 0.2) is 0 Å². The summed E-state index contributed by atoms with van der Waals surface area (Å²) in [7, 11) is 0. The summed E-state index contributed by atoms with van der Waals surface area (Å²) in [6.45, 7) is 8.56. The summed E-state index contributed by atoms with van der Waals surface area (Å²) in [5, 5.41) is 12.5. The van der Waals surface area contributed by atoms with Gasteiger partial charge in [-0.15, -0.1) is 24.8 Å². The molecule has 1 unspecified atom stereocenters. The predicted octanol–water partition coefficient (Wildman–Crippen LogP) is 3.06. The SMILES string of the molecule is CCN1CCN(CC(O)COc2cccc3ccccc23)CC1.Cl.Cl. The molecule has 0 spiro atoms. The van der Waals surface area contributed by atoms with E-state index in [9.17, 15) is 5.11 Å². The van der Waals surface area contributed by atoms with Crippen LogP contribution in [-0.4, -0.2) is 66.9 Å². The third kappa shape index (κ3) is 6.01. The van der Waals surface area contributed by atoms with E-state index in [1.165, 1.54) is 0 Å². The molecule has 25 heavy (non-hydrogen) atoms. The molecule has 1 aliphatic heterocycles. The fraction of sp³-hybridized carbons (Fsp3) is 0.474. The van der Waals surface area contributed by atoms with Crippen molar-refractivity contribution in [3.05, 3.63) is 42.5 Å². The molecule has 0 radical (unpaired) electrons. The van der Waals surface area contributed by atoms with E-state index in [1.807, 2.05) is 24.3 Å². The van der Waals surface area contributed by atoms with Gasteiger partial charge in [0.25, 0.3) is 0 Å². The topological polar surface area (TPSA) is 35.9 Å². The first-order chi connectivity index (χ1) is 11.3. The standard InChI is InChI=1S/C19H26N2O2.2ClH/c1-2-20-10-12-21(13-11-20)14-17(22)15-23-19-9-5-7-16-6-3-4-8-18(16)19;;/h3-9,17,22H,2,10-15H2,1H3;2*1H. The van der Waals surface area contributed by atoms with Crippen molar-refractivity contribution in [3.63, 3.8) is 0 Å². The third-order valence-electron chi connectivity index (χ3n) is 4.56. The molecule has 0 aromatic heterocycles. The second-order valence-corrected chi connectivity index (χ2v) is 6.18. The van der Waals surface area contributed by atoms with Crippen LogP contribution in [0.2, 0.25) is 0 Å². The zero-order chi connectivity index (χ0) is 16.1. The van der Waals surface area contributed by atoms with Crippen molar-refractivity contribution < 1.29 is 9.84 Å². The lowest BCUT2D eigenvalue weighted by atomic mass is 10.1. The Hall–Kier alpha value is -1.04. The van der Waals surface area contributed by atoms with Gasteiger partial charge < -0.3 is 14.7 Å². The summed E-state index contributed by atoms with van der Waals surface area (Å²) >= 11 is 0. The summed E-state index contributed by atoms with van der Waals surface area (Å²) in [6.07, 6.45) is -0.456. The lowest BCUT2D eigenvalue weighted by molar-refractivity contribution is 0.0474. The summed E-state index contributed by atoms with van der Waals surface area (Å²) in [6, 6.07) is 14.2. The molecule has 3 rings (SSSR count). The van der Waals surface area contributed by atoms with Gasteiger partial charge in [-0.25, -0.2) is 0 Å². The number of piperazine rings is 1. The average Bonchev–Trinajstić information content (AvgIpc) is 2.60. The monoisotopic (exact) mass is 386 g/mol. The van der Waals surface area contributed by atoms with E-state index in [0.717, 1.165) is 49.2 Å². The van der Waals surface area contributed by atoms with E-state index in [0.29, 0.717) is 13.2 Å². The Kier molecular flexibility index (Phi) is 9.54. The average molecular weight is 387 g/mol. The highest BCUT2D eigenvalue weighted by Crippen LogP contribution is 2.25. The van der Waals surface area contributed by atoms with Gasteiger partial charge in [0.1, 0.15) is 18.5 Å². The number of hydrogen-bond donors (Lipinski definition) is 1. The molecule has 2 aromatic rings. The molecule has 4 nitrogen and oxygen atoms in total. The van der Waals surface area contributed by atoms with Crippen LogP contribution in [0.25, 0.3) is 10.8 Å². The molecule has 1 saturated heterocycles. The van der Waals surface area contributed by atoms with Gasteiger partial charge >= 0.3 is 0 Å². The van der Waals surface area contributed by atoms with Crippen LogP contribution in [0.5, 0.6) is 5.75 Å². The highest BCUT2D eigenvalue weighted by molar-refractivity contribution is 5.88. The number of likely N-dealkylation sites (N-methyl/N-ethyl adjacent to an activating group) is 1. The molecule has 1 heterocycles. The molecular formula is C19H28Cl2N2O2. The number of β-amino-alcohol motifs (C(OH)–C–C–N with tert-alkyl or cyclic N) is 1. The van der Waals surface area contributed by atoms with Crippen molar-refractivity contribution in [1.82, 2.24) is 9.80 Å². The molecule has 0 amide bonds. The number of hydrogen-bond acceptors (Lipinski definition) is 4. The molecule has 1 aliphatic rings. The summed E-state index contributed by atoms with van der Waals surface area (Å²) < 4.78 is 5.88. The molecule has 6 heteroatoms. The Bertz CT molecular complexity index is 628. The maximum absolute atomic E-state index is 10.3. The van der Waals surface area contributed by atoms with E-state index in [-0.39, 0.29) is 24.8 Å². The van der Waals surface area contributed by atoms with E-state index in [1.54, 1.807) is 0 Å². The first-order valence-corrected chi connectivity index (χ1v) is 8.49. The van der Waals surface area contributed by atoms with E-state index >= 15 is 0 Å². The Morgan fingerprint density at radius 1 is 0.960 bits per heavy atom. The third-order valence-corrected chi connectivity index (χ3v) is 4.56. The molecular weight excluding hydrogens is 359 g/mol. The molecule has 0 aliphatic carbocycles. The highest BCUT2D eigenvalue weighted by atomic mass is 35.5. The maximum atomic E-state index is 10.3. The quantitative estimate of drug-likeness (QED) is 0.827. The number of halogens is 2. The number of ether oxygens (including phenoxy) is 1. The van der Waals surface area contributed by atoms with E-state index in [2.05, 4.69) is 34.9 Å². The number of nitrogens with zero attached hydrogens (tertiary/aromatic N) is 2. The Morgan fingerprint density at radius 2 is 1.60 bits per heavy atom. The summed E-state index contributed by atoms with van der Waals surface area (Å²) in [4.78, 5) is 4.76. The minimum Gasteiger partial charge on any atom is -0.490 e. The molecule has 1 fully saturated rings. The van der Waals surface area contributed by atoms with Crippen molar-refractivity contribution in [2.45, 2.75) is 13.0 Å². The lowest BCUT2D eigenvalue weighted by Gasteiger charge is -2.34. The number of benzene rings is 2. The second kappa shape index (κ2) is 10.8. The zero-order valence-electron chi connectivity index (χ0n) is 14.6. The van der Waals surface area contributed by atoms with Crippen LogP contribution in [0.15, 0.2) is 42.5 Å². The number of aliphatic hydroxyl groups is 1. The smallest absolute Gasteiger partial charge is 0.127 e. The Morgan fingerprint density at radius 3 is 2.32 bits per heavy atom. The van der Waals surface area contributed by atoms with E-state index in [4.69, 9.17) is 4.74 Å². The van der Waals surface area contributed by atoms with Crippen molar-refractivity contribution in [3.8, 4) is 5.75 Å². The van der Waals surface area contributed by atoms with Crippen molar-refractivity contribution >= 4 is 35.6 Å². The van der Waals surface area contributed by atoms with Gasteiger partial charge in [0.2, 0.25) is 0 Å². The van der Waals surface area contributed by atoms with Crippen LogP contribution in [0.1, 0.15) is 6.92 Å². The van der Waals surface area contributed by atoms with Gasteiger partial charge in [-0.05, 0) is 18.0 Å². The van der Waals surface area contributed by atoms with Gasteiger partial charge in [-0.2, -0.15) is 0 Å². The van der Waals surface area contributed by atoms with Crippen LogP contribution in [0.4, 0.5) is 0 Å². The molecule has 0 bridgehead atoms. The van der Waals surface area contributed by atoms with Gasteiger partial charge in [-0.3, -0.25) is 4.90 Å².